The van der Waals surface area contributed by atoms with Gasteiger partial charge in [0, 0.05) is 6.04 Å². The van der Waals surface area contributed by atoms with E-state index in [9.17, 15) is 0 Å². The van der Waals surface area contributed by atoms with Crippen molar-refractivity contribution in [3.05, 3.63) is 45.4 Å². The molecular formula is C17H25N3S. The van der Waals surface area contributed by atoms with E-state index in [4.69, 9.17) is 0 Å². The summed E-state index contributed by atoms with van der Waals surface area (Å²) in [5, 5.41) is 14.0. The second-order valence-corrected chi connectivity index (χ2v) is 7.32. The van der Waals surface area contributed by atoms with Crippen molar-refractivity contribution in [2.75, 3.05) is 0 Å². The van der Waals surface area contributed by atoms with Gasteiger partial charge in [0.05, 0.1) is 6.04 Å². The zero-order valence-corrected chi connectivity index (χ0v) is 14.4. The summed E-state index contributed by atoms with van der Waals surface area (Å²) in [5.74, 6) is 0.701. The van der Waals surface area contributed by atoms with Crippen molar-refractivity contribution in [1.82, 2.24) is 15.5 Å². The lowest BCUT2D eigenvalue weighted by Crippen LogP contribution is -2.22. The Bertz CT molecular complexity index is 560. The highest BCUT2D eigenvalue weighted by molar-refractivity contribution is 7.11. The molecule has 0 aliphatic heterocycles. The van der Waals surface area contributed by atoms with E-state index in [1.54, 1.807) is 11.3 Å². The third-order valence-electron chi connectivity index (χ3n) is 3.54. The molecule has 1 N–H and O–H groups in total. The number of nitrogens with zero attached hydrogens (tertiary/aromatic N) is 2. The van der Waals surface area contributed by atoms with Crippen LogP contribution in [0.3, 0.4) is 0 Å². The molecule has 3 nitrogen and oxygen atoms in total. The summed E-state index contributed by atoms with van der Waals surface area (Å²) in [5.41, 5.74) is 2.73. The Morgan fingerprint density at radius 1 is 1.00 bits per heavy atom. The third kappa shape index (κ3) is 4.61. The highest BCUT2D eigenvalue weighted by Crippen LogP contribution is 2.22. The summed E-state index contributed by atoms with van der Waals surface area (Å²) in [6.45, 7) is 10.8. The van der Waals surface area contributed by atoms with E-state index in [-0.39, 0.29) is 6.04 Å². The van der Waals surface area contributed by atoms with Crippen LogP contribution in [0.2, 0.25) is 0 Å². The van der Waals surface area contributed by atoms with Crippen molar-refractivity contribution in [2.24, 2.45) is 5.92 Å². The van der Waals surface area contributed by atoms with Crippen LogP contribution in [0.4, 0.5) is 0 Å². The predicted octanol–water partition coefficient (Wildman–Crippen LogP) is 4.46. The lowest BCUT2D eigenvalue weighted by Gasteiger charge is -2.19. The molecule has 0 radical (unpaired) electrons. The van der Waals surface area contributed by atoms with Crippen molar-refractivity contribution in [3.8, 4) is 0 Å². The van der Waals surface area contributed by atoms with Crippen LogP contribution in [0.1, 0.15) is 60.9 Å². The fourth-order valence-electron chi connectivity index (χ4n) is 2.44. The van der Waals surface area contributed by atoms with Gasteiger partial charge in [0.1, 0.15) is 10.0 Å². The maximum atomic E-state index is 4.22. The number of hydrogen-bond donors (Lipinski definition) is 1. The lowest BCUT2D eigenvalue weighted by molar-refractivity contribution is 0.490. The molecule has 2 atom stereocenters. The molecular weight excluding hydrogens is 278 g/mol. The molecule has 0 spiro atoms. The second-order valence-electron chi connectivity index (χ2n) is 6.11. The van der Waals surface area contributed by atoms with Gasteiger partial charge in [-0.1, -0.05) is 38.1 Å². The van der Waals surface area contributed by atoms with Gasteiger partial charge in [0.25, 0.3) is 0 Å². The molecule has 0 saturated heterocycles. The van der Waals surface area contributed by atoms with Gasteiger partial charge < -0.3 is 5.32 Å². The van der Waals surface area contributed by atoms with Gasteiger partial charge in [-0.05, 0) is 44.2 Å². The molecule has 0 aliphatic carbocycles. The van der Waals surface area contributed by atoms with Crippen molar-refractivity contribution >= 4 is 11.3 Å². The van der Waals surface area contributed by atoms with Gasteiger partial charge in [-0.15, -0.1) is 21.5 Å². The minimum Gasteiger partial charge on any atom is -0.301 e. The van der Waals surface area contributed by atoms with Crippen LogP contribution in [0.25, 0.3) is 0 Å². The normalized spacial score (nSPS) is 14.4. The average molecular weight is 303 g/mol. The molecule has 2 aromatic rings. The van der Waals surface area contributed by atoms with E-state index in [1.807, 2.05) is 6.92 Å². The van der Waals surface area contributed by atoms with E-state index in [1.165, 1.54) is 11.1 Å². The topological polar surface area (TPSA) is 37.8 Å². The summed E-state index contributed by atoms with van der Waals surface area (Å²) < 4.78 is 0. The Morgan fingerprint density at radius 2 is 1.67 bits per heavy atom. The van der Waals surface area contributed by atoms with Crippen LogP contribution < -0.4 is 5.32 Å². The zero-order chi connectivity index (χ0) is 15.4. The fraction of sp³-hybridized carbons (Fsp3) is 0.529. The van der Waals surface area contributed by atoms with E-state index in [0.29, 0.717) is 12.0 Å². The molecule has 0 saturated carbocycles. The number of rotatable bonds is 6. The van der Waals surface area contributed by atoms with Gasteiger partial charge in [-0.2, -0.15) is 0 Å². The number of aryl methyl sites for hydroxylation is 1. The summed E-state index contributed by atoms with van der Waals surface area (Å²) >= 11 is 1.66. The molecule has 0 unspecified atom stereocenters. The molecule has 1 aromatic heterocycles. The number of hydrogen-bond acceptors (Lipinski definition) is 4. The Balaban J connectivity index is 1.98. The molecule has 4 heteroatoms. The first-order valence-electron chi connectivity index (χ1n) is 7.60. The molecule has 0 fully saturated rings. The minimum atomic E-state index is 0.224. The Morgan fingerprint density at radius 3 is 2.19 bits per heavy atom. The molecule has 0 aliphatic rings. The second kappa shape index (κ2) is 7.14. The molecule has 0 bridgehead atoms. The average Bonchev–Trinajstić information content (AvgIpc) is 2.85. The van der Waals surface area contributed by atoms with Crippen molar-refractivity contribution in [3.63, 3.8) is 0 Å². The van der Waals surface area contributed by atoms with Gasteiger partial charge in [0.2, 0.25) is 0 Å². The SMILES string of the molecule is Cc1nnc([C@H](C)N[C@H](C)c2ccc(CC(C)C)cc2)s1. The van der Waals surface area contributed by atoms with Crippen LogP contribution in [-0.2, 0) is 6.42 Å². The van der Waals surface area contributed by atoms with E-state index >= 15 is 0 Å². The maximum absolute atomic E-state index is 4.22. The quantitative estimate of drug-likeness (QED) is 0.856. The van der Waals surface area contributed by atoms with Crippen LogP contribution in [0.15, 0.2) is 24.3 Å². The van der Waals surface area contributed by atoms with E-state index < -0.39 is 0 Å². The number of benzene rings is 1. The van der Waals surface area contributed by atoms with Gasteiger partial charge in [-0.25, -0.2) is 0 Å². The molecule has 114 valence electrons. The van der Waals surface area contributed by atoms with Crippen molar-refractivity contribution < 1.29 is 0 Å². The summed E-state index contributed by atoms with van der Waals surface area (Å²) in [6.07, 6.45) is 1.14. The van der Waals surface area contributed by atoms with Crippen LogP contribution in [0.5, 0.6) is 0 Å². The van der Waals surface area contributed by atoms with Gasteiger partial charge in [0.15, 0.2) is 0 Å². The van der Waals surface area contributed by atoms with Crippen LogP contribution in [0, 0.1) is 12.8 Å². The first-order valence-corrected chi connectivity index (χ1v) is 8.42. The summed E-state index contributed by atoms with van der Waals surface area (Å²) in [6, 6.07) is 9.47. The van der Waals surface area contributed by atoms with Gasteiger partial charge in [-0.3, -0.25) is 0 Å². The Kier molecular flexibility index (Phi) is 5.48. The summed E-state index contributed by atoms with van der Waals surface area (Å²) in [4.78, 5) is 0. The highest BCUT2D eigenvalue weighted by atomic mass is 32.1. The molecule has 2 rings (SSSR count). The van der Waals surface area contributed by atoms with Crippen molar-refractivity contribution in [1.29, 1.82) is 0 Å². The smallest absolute Gasteiger partial charge is 0.134 e. The lowest BCUT2D eigenvalue weighted by atomic mass is 10.00. The third-order valence-corrected chi connectivity index (χ3v) is 4.56. The maximum Gasteiger partial charge on any atom is 0.134 e. The molecule has 0 amide bonds. The Hall–Kier alpha value is -1.26. The van der Waals surface area contributed by atoms with Crippen molar-refractivity contribution in [2.45, 2.75) is 53.1 Å². The first kappa shape index (κ1) is 16.1. The van der Waals surface area contributed by atoms with Crippen LogP contribution in [-0.4, -0.2) is 10.2 Å². The van der Waals surface area contributed by atoms with Gasteiger partial charge >= 0.3 is 0 Å². The fourth-order valence-corrected chi connectivity index (χ4v) is 3.15. The monoisotopic (exact) mass is 303 g/mol. The molecule has 1 aromatic carbocycles. The first-order chi connectivity index (χ1) is 9.95. The highest BCUT2D eigenvalue weighted by Gasteiger charge is 2.14. The zero-order valence-electron chi connectivity index (χ0n) is 13.6. The molecule has 1 heterocycles. The largest absolute Gasteiger partial charge is 0.301 e. The van der Waals surface area contributed by atoms with E-state index in [2.05, 4.69) is 67.5 Å². The van der Waals surface area contributed by atoms with Crippen LogP contribution >= 0.6 is 11.3 Å². The van der Waals surface area contributed by atoms with E-state index in [0.717, 1.165) is 16.4 Å². The summed E-state index contributed by atoms with van der Waals surface area (Å²) in [7, 11) is 0. The predicted molar refractivity (Wildman–Crippen MR) is 89.6 cm³/mol. The minimum absolute atomic E-state index is 0.224. The number of nitrogens with one attached hydrogen (secondary N) is 1. The standard InChI is InChI=1S/C17H25N3S/c1-11(2)10-15-6-8-16(9-7-15)12(3)18-13(4)17-20-19-14(5)21-17/h6-9,11-13,18H,10H2,1-5H3/t12-,13+/m1/s1. The number of aromatic nitrogens is 2. The molecule has 21 heavy (non-hydrogen) atoms. The Labute approximate surface area is 131 Å².